The summed E-state index contributed by atoms with van der Waals surface area (Å²) in [6.45, 7) is 1.51. The van der Waals surface area contributed by atoms with E-state index in [4.69, 9.17) is 9.72 Å². The Labute approximate surface area is 207 Å². The van der Waals surface area contributed by atoms with Gasteiger partial charge in [0.25, 0.3) is 0 Å². The summed E-state index contributed by atoms with van der Waals surface area (Å²) in [6, 6.07) is 18.5. The predicted molar refractivity (Wildman–Crippen MR) is 137 cm³/mol. The first-order valence-corrected chi connectivity index (χ1v) is 12.7. The number of benzene rings is 2. The van der Waals surface area contributed by atoms with Crippen molar-refractivity contribution in [2.45, 2.75) is 64.1 Å². The first-order chi connectivity index (χ1) is 17.2. The van der Waals surface area contributed by atoms with Crippen LogP contribution in [0.25, 0.3) is 11.0 Å². The summed E-state index contributed by atoms with van der Waals surface area (Å²) >= 11 is 0. The summed E-state index contributed by atoms with van der Waals surface area (Å²) in [7, 11) is 1.51. The van der Waals surface area contributed by atoms with Gasteiger partial charge in [0.15, 0.2) is 0 Å². The van der Waals surface area contributed by atoms with Gasteiger partial charge in [-0.1, -0.05) is 61.7 Å². The van der Waals surface area contributed by atoms with Gasteiger partial charge < -0.3 is 19.5 Å². The van der Waals surface area contributed by atoms with Crippen LogP contribution < -0.4 is 5.32 Å². The minimum Gasteiger partial charge on any atom is -0.375 e. The molecular formula is C28H36N4O3. The fraction of sp³-hybridized carbons (Fsp3) is 0.464. The lowest BCUT2D eigenvalue weighted by Crippen LogP contribution is -2.42. The van der Waals surface area contributed by atoms with E-state index in [1.54, 1.807) is 0 Å². The van der Waals surface area contributed by atoms with Crippen LogP contribution >= 0.6 is 0 Å². The maximum atomic E-state index is 13.8. The molecule has 2 aromatic carbocycles. The molecule has 0 radical (unpaired) electrons. The van der Waals surface area contributed by atoms with Gasteiger partial charge in [0, 0.05) is 32.7 Å². The number of nitrogens with zero attached hydrogens (tertiary/aromatic N) is 3. The second-order valence-corrected chi connectivity index (χ2v) is 9.29. The molecule has 1 aliphatic carbocycles. The number of para-hydroxylation sites is 2. The van der Waals surface area contributed by atoms with Crippen LogP contribution in [-0.2, 0) is 33.8 Å². The summed E-state index contributed by atoms with van der Waals surface area (Å²) in [6.07, 6.45) is 7.16. The number of aryl methyl sites for hydroxylation is 1. The summed E-state index contributed by atoms with van der Waals surface area (Å²) in [5, 5.41) is 2.86. The molecule has 0 unspecified atom stereocenters. The molecule has 2 amide bonds. The fourth-order valence-electron chi connectivity index (χ4n) is 4.97. The van der Waals surface area contributed by atoms with Crippen LogP contribution in [-0.4, -0.2) is 52.6 Å². The fourth-order valence-corrected chi connectivity index (χ4v) is 4.97. The van der Waals surface area contributed by atoms with Crippen LogP contribution in [0.15, 0.2) is 54.6 Å². The van der Waals surface area contributed by atoms with Crippen LogP contribution in [0, 0.1) is 0 Å². The number of methoxy groups -OCH3 is 1. The lowest BCUT2D eigenvalue weighted by Gasteiger charge is -2.35. The van der Waals surface area contributed by atoms with Crippen molar-refractivity contribution in [1.82, 2.24) is 19.8 Å². The van der Waals surface area contributed by atoms with Crippen LogP contribution in [0.3, 0.4) is 0 Å². The second-order valence-electron chi connectivity index (χ2n) is 9.29. The average molecular weight is 477 g/mol. The van der Waals surface area contributed by atoms with Crippen molar-refractivity contribution in [3.05, 3.63) is 66.0 Å². The van der Waals surface area contributed by atoms with Crippen LogP contribution in [0.4, 0.5) is 0 Å². The number of hydrogen-bond acceptors (Lipinski definition) is 4. The summed E-state index contributed by atoms with van der Waals surface area (Å²) in [5.41, 5.74) is 3.03. The quantitative estimate of drug-likeness (QED) is 0.423. The van der Waals surface area contributed by atoms with Gasteiger partial charge in [0.2, 0.25) is 11.8 Å². The van der Waals surface area contributed by atoms with E-state index < -0.39 is 0 Å². The molecule has 1 aliphatic rings. The Morgan fingerprint density at radius 1 is 1.06 bits per heavy atom. The van der Waals surface area contributed by atoms with Crippen molar-refractivity contribution in [2.75, 3.05) is 20.3 Å². The molecular weight excluding hydrogens is 440 g/mol. The summed E-state index contributed by atoms with van der Waals surface area (Å²) in [4.78, 5) is 32.4. The van der Waals surface area contributed by atoms with Gasteiger partial charge in [0.1, 0.15) is 19.0 Å². The molecule has 3 aromatic rings. The van der Waals surface area contributed by atoms with Crippen molar-refractivity contribution in [3.8, 4) is 0 Å². The Hall–Kier alpha value is -3.19. The lowest BCUT2D eigenvalue weighted by molar-refractivity contribution is -0.135. The van der Waals surface area contributed by atoms with Crippen LogP contribution in [0.2, 0.25) is 0 Å². The number of rotatable bonds is 11. The maximum Gasteiger partial charge on any atom is 0.245 e. The zero-order valence-corrected chi connectivity index (χ0v) is 20.6. The van der Waals surface area contributed by atoms with E-state index in [1.165, 1.54) is 26.4 Å². The van der Waals surface area contributed by atoms with Gasteiger partial charge in [-0.05, 0) is 37.0 Å². The number of carbonyl (C=O) groups is 2. The third-order valence-corrected chi connectivity index (χ3v) is 6.73. The third kappa shape index (κ3) is 6.69. The van der Waals surface area contributed by atoms with E-state index in [0.29, 0.717) is 19.5 Å². The minimum atomic E-state index is -0.125. The predicted octanol–water partition coefficient (Wildman–Crippen LogP) is 4.09. The summed E-state index contributed by atoms with van der Waals surface area (Å²) < 4.78 is 6.93. The van der Waals surface area contributed by atoms with E-state index in [1.807, 2.05) is 42.5 Å². The normalized spacial score (nSPS) is 14.2. The number of imidazole rings is 1. The Balaban J connectivity index is 1.52. The highest BCUT2D eigenvalue weighted by molar-refractivity contribution is 5.81. The molecule has 0 spiro atoms. The molecule has 0 aliphatic heterocycles. The number of amides is 2. The largest absolute Gasteiger partial charge is 0.375 e. The standard InChI is InChI=1S/C28H36N4O3/c1-35-21-27(33)29-18-10-17-26-30-24-15-8-9-16-25(24)32(26)20-28(34)31(23-13-6-3-7-14-23)19-22-11-4-2-5-12-22/h2,4-5,8-9,11-12,15-16,23H,3,6-7,10,13-14,17-21H2,1H3,(H,29,33). The first-order valence-electron chi connectivity index (χ1n) is 12.7. The molecule has 0 saturated heterocycles. The van der Waals surface area contributed by atoms with Crippen molar-refractivity contribution in [2.24, 2.45) is 0 Å². The molecule has 0 atom stereocenters. The number of carbonyl (C=O) groups excluding carboxylic acids is 2. The van der Waals surface area contributed by atoms with Gasteiger partial charge in [-0.3, -0.25) is 9.59 Å². The van der Waals surface area contributed by atoms with E-state index in [0.717, 1.165) is 41.7 Å². The molecule has 1 aromatic heterocycles. The zero-order chi connectivity index (χ0) is 24.5. The maximum absolute atomic E-state index is 13.8. The number of ether oxygens (including phenoxy) is 1. The van der Waals surface area contributed by atoms with E-state index in [-0.39, 0.29) is 31.0 Å². The van der Waals surface area contributed by atoms with Gasteiger partial charge in [-0.15, -0.1) is 0 Å². The molecule has 1 N–H and O–H groups in total. The highest BCUT2D eigenvalue weighted by Gasteiger charge is 2.26. The van der Waals surface area contributed by atoms with Crippen LogP contribution in [0.5, 0.6) is 0 Å². The Morgan fingerprint density at radius 3 is 2.57 bits per heavy atom. The van der Waals surface area contributed by atoms with Gasteiger partial charge in [-0.2, -0.15) is 0 Å². The van der Waals surface area contributed by atoms with E-state index in [2.05, 4.69) is 26.9 Å². The smallest absolute Gasteiger partial charge is 0.245 e. The van der Waals surface area contributed by atoms with Gasteiger partial charge in [0.05, 0.1) is 11.0 Å². The van der Waals surface area contributed by atoms with Crippen LogP contribution in [0.1, 0.15) is 49.9 Å². The molecule has 1 fully saturated rings. The minimum absolute atomic E-state index is 0.0609. The first kappa shape index (κ1) is 24.9. The molecule has 7 heteroatoms. The number of hydrogen-bond donors (Lipinski definition) is 1. The van der Waals surface area contributed by atoms with Crippen molar-refractivity contribution in [3.63, 3.8) is 0 Å². The van der Waals surface area contributed by atoms with E-state index >= 15 is 0 Å². The summed E-state index contributed by atoms with van der Waals surface area (Å²) in [5.74, 6) is 0.891. The lowest BCUT2D eigenvalue weighted by atomic mass is 9.93. The van der Waals surface area contributed by atoms with Crippen molar-refractivity contribution < 1.29 is 14.3 Å². The molecule has 0 bridgehead atoms. The molecule has 186 valence electrons. The van der Waals surface area contributed by atoms with Gasteiger partial charge >= 0.3 is 0 Å². The SMILES string of the molecule is COCC(=O)NCCCc1nc2ccccc2n1CC(=O)N(Cc1ccccc1)C1CCCCC1. The highest BCUT2D eigenvalue weighted by atomic mass is 16.5. The molecule has 1 heterocycles. The Kier molecular flexibility index (Phi) is 8.90. The second kappa shape index (κ2) is 12.5. The molecule has 35 heavy (non-hydrogen) atoms. The monoisotopic (exact) mass is 476 g/mol. The van der Waals surface area contributed by atoms with Crippen molar-refractivity contribution in [1.29, 1.82) is 0 Å². The number of fused-ring (bicyclic) bond motifs is 1. The number of aromatic nitrogens is 2. The molecule has 4 rings (SSSR count). The van der Waals surface area contributed by atoms with Gasteiger partial charge in [-0.25, -0.2) is 4.98 Å². The third-order valence-electron chi connectivity index (χ3n) is 6.73. The molecule has 7 nitrogen and oxygen atoms in total. The topological polar surface area (TPSA) is 76.5 Å². The average Bonchev–Trinajstić information content (AvgIpc) is 3.23. The highest BCUT2D eigenvalue weighted by Crippen LogP contribution is 2.25. The molecule has 1 saturated carbocycles. The Morgan fingerprint density at radius 2 is 1.80 bits per heavy atom. The van der Waals surface area contributed by atoms with Crippen molar-refractivity contribution >= 4 is 22.8 Å². The van der Waals surface area contributed by atoms with E-state index in [9.17, 15) is 9.59 Å². The number of nitrogens with one attached hydrogen (secondary N) is 1. The zero-order valence-electron chi connectivity index (χ0n) is 20.6. The Bertz CT molecular complexity index is 1110.